The van der Waals surface area contributed by atoms with E-state index in [-0.39, 0.29) is 13.8 Å². The molecule has 0 aromatic carbocycles. The summed E-state index contributed by atoms with van der Waals surface area (Å²) in [5, 5.41) is 0. The summed E-state index contributed by atoms with van der Waals surface area (Å²) in [4.78, 5) is 0. The van der Waals surface area contributed by atoms with E-state index in [4.69, 9.17) is 0 Å². The molecule has 29 heavy (non-hydrogen) atoms. The monoisotopic (exact) mass is 416 g/mol. The Labute approximate surface area is 182 Å². The van der Waals surface area contributed by atoms with E-state index in [1.54, 1.807) is 0 Å². The predicted molar refractivity (Wildman–Crippen MR) is 125 cm³/mol. The molecule has 4 N–H and O–H groups in total. The van der Waals surface area contributed by atoms with E-state index in [9.17, 15) is 0 Å². The van der Waals surface area contributed by atoms with Crippen LogP contribution in [0.1, 0.15) is 113 Å². The van der Waals surface area contributed by atoms with E-state index in [1.165, 1.54) is 89.9 Å². The Morgan fingerprint density at radius 3 is 1.28 bits per heavy atom. The highest BCUT2D eigenvalue weighted by molar-refractivity contribution is 4.91. The fourth-order valence-corrected chi connectivity index (χ4v) is 7.69. The van der Waals surface area contributed by atoms with Crippen LogP contribution >= 0.6 is 0 Å². The second-order valence-electron chi connectivity index (χ2n) is 11.5. The molecule has 0 aliphatic heterocycles. The second-order valence-corrected chi connectivity index (χ2v) is 11.5. The summed E-state index contributed by atoms with van der Waals surface area (Å²) >= 11 is 0. The molecule has 4 aliphatic carbocycles. The van der Waals surface area contributed by atoms with Gasteiger partial charge in [0, 0.05) is 2.85 Å². The van der Waals surface area contributed by atoms with Crippen LogP contribution in [0.3, 0.4) is 0 Å². The first-order valence-corrected chi connectivity index (χ1v) is 12.7. The molecule has 0 radical (unpaired) electrons. The quantitative estimate of drug-likeness (QED) is 0.473. The minimum atomic E-state index is -0.486. The van der Waals surface area contributed by atoms with Gasteiger partial charge in [0.25, 0.3) is 0 Å². The fraction of sp³-hybridized carbons (Fsp3) is 1.00. The molecule has 4 saturated carbocycles. The van der Waals surface area contributed by atoms with Gasteiger partial charge in [-0.25, -0.2) is 4.39 Å². The van der Waals surface area contributed by atoms with Crippen LogP contribution in [-0.4, -0.2) is 17.1 Å². The Balaban J connectivity index is 0.00000225. The van der Waals surface area contributed by atoms with Gasteiger partial charge in [-0.2, -0.15) is 0 Å². The largest absolute Gasteiger partial charge is 0.412 e. The Bertz CT molecular complexity index is 456. The number of rotatable bonds is 3. The zero-order valence-corrected chi connectivity index (χ0v) is 19.2. The molecule has 0 heterocycles. The van der Waals surface area contributed by atoms with Crippen LogP contribution < -0.4 is 0 Å². The van der Waals surface area contributed by atoms with Crippen molar-refractivity contribution in [2.75, 3.05) is 0 Å². The van der Waals surface area contributed by atoms with Crippen molar-refractivity contribution in [1.29, 1.82) is 0 Å². The maximum Gasteiger partial charge on any atom is 0.103 e. The normalized spacial score (nSPS) is 46.2. The average Bonchev–Trinajstić information content (AvgIpc) is 2.69. The Morgan fingerprint density at radius 1 is 0.483 bits per heavy atom. The van der Waals surface area contributed by atoms with Gasteiger partial charge in [0.2, 0.25) is 0 Å². The van der Waals surface area contributed by atoms with E-state index >= 15 is 4.39 Å². The lowest BCUT2D eigenvalue weighted by atomic mass is 9.62. The van der Waals surface area contributed by atoms with Gasteiger partial charge in [-0.05, 0) is 118 Å². The Kier molecular flexibility index (Phi) is 9.93. The minimum Gasteiger partial charge on any atom is -0.412 e. The zero-order chi connectivity index (χ0) is 18.8. The lowest BCUT2D eigenvalue weighted by Crippen LogP contribution is -2.37. The summed E-state index contributed by atoms with van der Waals surface area (Å²) in [6.45, 7) is 4.83. The fourth-order valence-electron chi connectivity index (χ4n) is 7.69. The van der Waals surface area contributed by atoms with Crippen LogP contribution in [0.5, 0.6) is 0 Å². The molecule has 0 aromatic rings. The van der Waals surface area contributed by atoms with Crippen molar-refractivity contribution >= 4 is 0 Å². The maximum atomic E-state index is 15.2. The molecule has 3 unspecified atom stereocenters. The van der Waals surface area contributed by atoms with E-state index in [2.05, 4.69) is 13.8 Å². The van der Waals surface area contributed by atoms with E-state index in [0.717, 1.165) is 36.0 Å². The van der Waals surface area contributed by atoms with Crippen molar-refractivity contribution in [3.8, 4) is 0 Å². The summed E-state index contributed by atoms with van der Waals surface area (Å²) < 4.78 is 15.2. The minimum absolute atomic E-state index is 0. The zero-order valence-electron chi connectivity index (χ0n) is 19.2. The molecule has 176 valence electrons. The van der Waals surface area contributed by atoms with Gasteiger partial charge in [0.05, 0.1) is 0 Å². The number of alkyl halides is 1. The smallest absolute Gasteiger partial charge is 0.103 e. The molecule has 4 rings (SSSR count). The Morgan fingerprint density at radius 2 is 0.828 bits per heavy atom. The molecule has 4 aliphatic rings. The molecular weight excluding hydrogens is 363 g/mol. The molecule has 0 saturated heterocycles. The molecule has 0 spiro atoms. The van der Waals surface area contributed by atoms with Crippen LogP contribution in [0.15, 0.2) is 0 Å². The topological polar surface area (TPSA) is 63.0 Å². The summed E-state index contributed by atoms with van der Waals surface area (Å²) in [5.74, 6) is 6.56. The number of halogens is 1. The molecule has 0 amide bonds. The van der Waals surface area contributed by atoms with Crippen molar-refractivity contribution < 1.29 is 18.2 Å². The summed E-state index contributed by atoms with van der Waals surface area (Å²) in [6, 6.07) is 0. The summed E-state index contributed by atoms with van der Waals surface area (Å²) in [5.41, 5.74) is 0. The Hall–Kier alpha value is -0.150. The maximum absolute atomic E-state index is 15.2. The first-order valence-electron chi connectivity index (χ1n) is 12.7. The van der Waals surface area contributed by atoms with E-state index in [0.29, 0.717) is 17.8 Å². The van der Waals surface area contributed by atoms with Crippen LogP contribution in [0.2, 0.25) is 0 Å². The van der Waals surface area contributed by atoms with Crippen molar-refractivity contribution in [3.63, 3.8) is 0 Å². The van der Waals surface area contributed by atoms with Gasteiger partial charge in [0.15, 0.2) is 0 Å². The molecule has 0 bridgehead atoms. The predicted octanol–water partition coefficient (Wildman–Crippen LogP) is 7.04. The van der Waals surface area contributed by atoms with Gasteiger partial charge in [-0.15, -0.1) is 0 Å². The molecule has 3 atom stereocenters. The van der Waals surface area contributed by atoms with Gasteiger partial charge >= 0.3 is 0 Å². The highest BCUT2D eigenvalue weighted by atomic mass is 19.1. The van der Waals surface area contributed by atoms with E-state index in [1.807, 2.05) is 0 Å². The number of hydrogen-bond donors (Lipinski definition) is 0. The van der Waals surface area contributed by atoms with Gasteiger partial charge in [-0.3, -0.25) is 0 Å². The lowest BCUT2D eigenvalue weighted by Gasteiger charge is -2.44. The summed E-state index contributed by atoms with van der Waals surface area (Å²) in [6.07, 6.45) is 19.9. The van der Waals surface area contributed by atoms with Crippen LogP contribution in [-0.2, 0) is 0 Å². The molecule has 0 aromatic heterocycles. The lowest BCUT2D eigenvalue weighted by molar-refractivity contribution is 0.0273. The molecular formula is C26H53FO2. The van der Waals surface area contributed by atoms with Crippen LogP contribution in [0.4, 0.5) is 4.39 Å². The standard InChI is InChI=1S/C26H45F.2H2O.2H2/c1-18-3-7-20(8-4-18)21-11-13-23(14-12-21)25-16-15-24(17-26(25)27)22-9-5-19(2)6-10-22;;;;/h18-26H,3-17H2,1-2H3;2*1H2;2*1H. The van der Waals surface area contributed by atoms with Gasteiger partial charge < -0.3 is 11.0 Å². The average molecular weight is 417 g/mol. The van der Waals surface area contributed by atoms with E-state index < -0.39 is 6.17 Å². The molecule has 3 heteroatoms. The van der Waals surface area contributed by atoms with Crippen molar-refractivity contribution in [2.24, 2.45) is 47.3 Å². The van der Waals surface area contributed by atoms with Crippen molar-refractivity contribution in [3.05, 3.63) is 0 Å². The molecule has 2 nitrogen and oxygen atoms in total. The van der Waals surface area contributed by atoms with Crippen LogP contribution in [0.25, 0.3) is 0 Å². The first-order chi connectivity index (χ1) is 13.1. The molecule has 4 fully saturated rings. The van der Waals surface area contributed by atoms with Gasteiger partial charge in [0.1, 0.15) is 6.17 Å². The second kappa shape index (κ2) is 11.5. The SMILES string of the molecule is CC1CCC(C2CCC(C3CCC(C4CCC(C)CC4)CC3F)CC2)CC1.O.O.[HH].[HH]. The van der Waals surface area contributed by atoms with Crippen molar-refractivity contribution in [1.82, 2.24) is 0 Å². The number of hydrogen-bond acceptors (Lipinski definition) is 0. The van der Waals surface area contributed by atoms with Crippen LogP contribution in [0, 0.1) is 47.3 Å². The third-order valence-electron chi connectivity index (χ3n) is 9.74. The third-order valence-corrected chi connectivity index (χ3v) is 9.74. The first kappa shape index (κ1) is 25.1. The highest BCUT2D eigenvalue weighted by Gasteiger charge is 2.40. The third kappa shape index (κ3) is 6.19. The highest BCUT2D eigenvalue weighted by Crippen LogP contribution is 2.48. The van der Waals surface area contributed by atoms with Crippen molar-refractivity contribution in [2.45, 2.75) is 116 Å². The summed E-state index contributed by atoms with van der Waals surface area (Å²) in [7, 11) is 0. The van der Waals surface area contributed by atoms with Gasteiger partial charge in [-0.1, -0.05) is 39.5 Å².